The lowest BCUT2D eigenvalue weighted by Crippen LogP contribution is -2.38. The molecule has 0 aliphatic carbocycles. The molecule has 2 unspecified atom stereocenters. The van der Waals surface area contributed by atoms with Crippen LogP contribution in [0.2, 0.25) is 0 Å². The summed E-state index contributed by atoms with van der Waals surface area (Å²) < 4.78 is 5.17. The van der Waals surface area contributed by atoms with Crippen LogP contribution in [0.1, 0.15) is 19.8 Å². The topological polar surface area (TPSA) is 24.5 Å². The molecule has 1 N–H and O–H groups in total. The van der Waals surface area contributed by atoms with Gasteiger partial charge in [0, 0.05) is 26.2 Å². The minimum absolute atomic E-state index is 0.326. The Hall–Kier alpha value is -0.120. The molecule has 0 aromatic heterocycles. The fourth-order valence-electron chi connectivity index (χ4n) is 1.77. The Labute approximate surface area is 81.4 Å². The van der Waals surface area contributed by atoms with Crippen LogP contribution in [-0.4, -0.2) is 50.8 Å². The lowest BCUT2D eigenvalue weighted by atomic mass is 10.2. The molecule has 1 aliphatic heterocycles. The van der Waals surface area contributed by atoms with E-state index in [0.29, 0.717) is 6.10 Å². The molecular formula is C10H22N2O. The molecule has 0 bridgehead atoms. The first kappa shape index (κ1) is 11.0. The molecule has 1 heterocycles. The largest absolute Gasteiger partial charge is 0.380 e. The summed E-state index contributed by atoms with van der Waals surface area (Å²) in [6.45, 7) is 5.41. The molecular weight excluding hydrogens is 164 g/mol. The highest BCUT2D eigenvalue weighted by atomic mass is 16.5. The fraction of sp³-hybridized carbons (Fsp3) is 1.00. The minimum Gasteiger partial charge on any atom is -0.380 e. The molecule has 0 saturated carbocycles. The Morgan fingerprint density at radius 2 is 2.38 bits per heavy atom. The van der Waals surface area contributed by atoms with E-state index in [1.54, 1.807) is 7.11 Å². The van der Waals surface area contributed by atoms with Gasteiger partial charge in [-0.25, -0.2) is 0 Å². The zero-order valence-electron chi connectivity index (χ0n) is 9.05. The molecule has 0 spiro atoms. The lowest BCUT2D eigenvalue weighted by molar-refractivity contribution is 0.115. The van der Waals surface area contributed by atoms with E-state index in [-0.39, 0.29) is 0 Å². The standard InChI is InChI=1S/C10H22N2O/c1-9(13-3)7-11-8-10-5-4-6-12(10)2/h9-11H,4-8H2,1-3H3. The summed E-state index contributed by atoms with van der Waals surface area (Å²) in [5.74, 6) is 0. The molecule has 1 saturated heterocycles. The van der Waals surface area contributed by atoms with Crippen LogP contribution in [0.4, 0.5) is 0 Å². The zero-order chi connectivity index (χ0) is 9.68. The van der Waals surface area contributed by atoms with E-state index in [4.69, 9.17) is 4.74 Å². The summed E-state index contributed by atoms with van der Waals surface area (Å²) in [5.41, 5.74) is 0. The molecule has 0 aromatic carbocycles. The fourth-order valence-corrected chi connectivity index (χ4v) is 1.77. The molecule has 2 atom stereocenters. The van der Waals surface area contributed by atoms with Crippen molar-refractivity contribution in [2.24, 2.45) is 0 Å². The van der Waals surface area contributed by atoms with Crippen molar-refractivity contribution in [3.63, 3.8) is 0 Å². The van der Waals surface area contributed by atoms with Crippen LogP contribution >= 0.6 is 0 Å². The van der Waals surface area contributed by atoms with Gasteiger partial charge in [-0.2, -0.15) is 0 Å². The van der Waals surface area contributed by atoms with Crippen molar-refractivity contribution in [1.29, 1.82) is 0 Å². The average Bonchev–Trinajstić information content (AvgIpc) is 2.52. The van der Waals surface area contributed by atoms with Crippen LogP contribution in [0.25, 0.3) is 0 Å². The third-order valence-corrected chi connectivity index (χ3v) is 2.89. The number of nitrogens with zero attached hydrogens (tertiary/aromatic N) is 1. The highest BCUT2D eigenvalue weighted by Gasteiger charge is 2.19. The molecule has 13 heavy (non-hydrogen) atoms. The third-order valence-electron chi connectivity index (χ3n) is 2.89. The Kier molecular flexibility index (Phi) is 4.70. The minimum atomic E-state index is 0.326. The number of hydrogen-bond acceptors (Lipinski definition) is 3. The molecule has 3 heteroatoms. The third kappa shape index (κ3) is 3.63. The molecule has 0 amide bonds. The van der Waals surface area contributed by atoms with Gasteiger partial charge in [-0.15, -0.1) is 0 Å². The Balaban J connectivity index is 2.05. The van der Waals surface area contributed by atoms with Crippen molar-refractivity contribution < 1.29 is 4.74 Å². The summed E-state index contributed by atoms with van der Waals surface area (Å²) in [4.78, 5) is 2.43. The van der Waals surface area contributed by atoms with Crippen molar-refractivity contribution >= 4 is 0 Å². The van der Waals surface area contributed by atoms with Crippen molar-refractivity contribution in [2.75, 3.05) is 33.8 Å². The smallest absolute Gasteiger partial charge is 0.0667 e. The maximum atomic E-state index is 5.17. The maximum Gasteiger partial charge on any atom is 0.0667 e. The first-order valence-corrected chi connectivity index (χ1v) is 5.17. The summed E-state index contributed by atoms with van der Waals surface area (Å²) >= 11 is 0. The number of likely N-dealkylation sites (tertiary alicyclic amines) is 1. The number of ether oxygens (including phenoxy) is 1. The zero-order valence-corrected chi connectivity index (χ0v) is 9.05. The Morgan fingerprint density at radius 1 is 1.62 bits per heavy atom. The van der Waals surface area contributed by atoms with Crippen LogP contribution < -0.4 is 5.32 Å². The summed E-state index contributed by atoms with van der Waals surface area (Å²) in [6, 6.07) is 0.740. The van der Waals surface area contributed by atoms with E-state index >= 15 is 0 Å². The molecule has 3 nitrogen and oxygen atoms in total. The van der Waals surface area contributed by atoms with Crippen molar-refractivity contribution in [1.82, 2.24) is 10.2 Å². The van der Waals surface area contributed by atoms with Crippen LogP contribution in [0.3, 0.4) is 0 Å². The quantitative estimate of drug-likeness (QED) is 0.684. The lowest BCUT2D eigenvalue weighted by Gasteiger charge is -2.20. The number of methoxy groups -OCH3 is 1. The van der Waals surface area contributed by atoms with Crippen LogP contribution in [0.15, 0.2) is 0 Å². The van der Waals surface area contributed by atoms with Gasteiger partial charge in [0.15, 0.2) is 0 Å². The van der Waals surface area contributed by atoms with Gasteiger partial charge in [-0.05, 0) is 33.4 Å². The normalized spacial score (nSPS) is 26.5. The summed E-state index contributed by atoms with van der Waals surface area (Å²) in [7, 11) is 3.97. The highest BCUT2D eigenvalue weighted by Crippen LogP contribution is 2.13. The van der Waals surface area contributed by atoms with Crippen molar-refractivity contribution in [2.45, 2.75) is 31.9 Å². The number of hydrogen-bond donors (Lipinski definition) is 1. The van der Waals surface area contributed by atoms with Gasteiger partial charge in [0.2, 0.25) is 0 Å². The second kappa shape index (κ2) is 5.58. The van der Waals surface area contributed by atoms with Gasteiger partial charge < -0.3 is 15.0 Å². The number of nitrogens with one attached hydrogen (secondary N) is 1. The first-order valence-electron chi connectivity index (χ1n) is 5.17. The molecule has 1 rings (SSSR count). The summed E-state index contributed by atoms with van der Waals surface area (Å²) in [5, 5.41) is 3.44. The average molecular weight is 186 g/mol. The van der Waals surface area contributed by atoms with E-state index in [2.05, 4.69) is 24.2 Å². The second-order valence-corrected chi connectivity index (χ2v) is 3.98. The van der Waals surface area contributed by atoms with Gasteiger partial charge >= 0.3 is 0 Å². The monoisotopic (exact) mass is 186 g/mol. The maximum absolute atomic E-state index is 5.17. The Morgan fingerprint density at radius 3 is 2.92 bits per heavy atom. The van der Waals surface area contributed by atoms with Crippen molar-refractivity contribution in [3.05, 3.63) is 0 Å². The first-order chi connectivity index (χ1) is 6.24. The van der Waals surface area contributed by atoms with E-state index in [9.17, 15) is 0 Å². The molecule has 1 fully saturated rings. The van der Waals surface area contributed by atoms with Gasteiger partial charge in [0.1, 0.15) is 0 Å². The molecule has 0 aromatic rings. The molecule has 0 radical (unpaired) electrons. The molecule has 1 aliphatic rings. The van der Waals surface area contributed by atoms with Gasteiger partial charge in [0.25, 0.3) is 0 Å². The van der Waals surface area contributed by atoms with E-state index in [1.807, 2.05) is 0 Å². The highest BCUT2D eigenvalue weighted by molar-refractivity contribution is 4.78. The second-order valence-electron chi connectivity index (χ2n) is 3.98. The number of likely N-dealkylation sites (N-methyl/N-ethyl adjacent to an activating group) is 1. The Bertz CT molecular complexity index is 141. The van der Waals surface area contributed by atoms with Gasteiger partial charge in [0.05, 0.1) is 6.10 Å². The van der Waals surface area contributed by atoms with Gasteiger partial charge in [-0.1, -0.05) is 0 Å². The number of rotatable bonds is 5. The molecule has 78 valence electrons. The predicted octanol–water partition coefficient (Wildman–Crippen LogP) is 0.705. The summed E-state index contributed by atoms with van der Waals surface area (Å²) in [6.07, 6.45) is 3.01. The van der Waals surface area contributed by atoms with E-state index < -0.39 is 0 Å². The predicted molar refractivity (Wildman–Crippen MR) is 55.0 cm³/mol. The van der Waals surface area contributed by atoms with Crippen LogP contribution in [0.5, 0.6) is 0 Å². The van der Waals surface area contributed by atoms with E-state index in [0.717, 1.165) is 19.1 Å². The van der Waals surface area contributed by atoms with Crippen molar-refractivity contribution in [3.8, 4) is 0 Å². The van der Waals surface area contributed by atoms with Crippen LogP contribution in [0, 0.1) is 0 Å². The van der Waals surface area contributed by atoms with E-state index in [1.165, 1.54) is 19.4 Å². The van der Waals surface area contributed by atoms with Crippen LogP contribution in [-0.2, 0) is 4.74 Å². The van der Waals surface area contributed by atoms with Gasteiger partial charge in [-0.3, -0.25) is 0 Å². The SMILES string of the molecule is COC(C)CNCC1CCCN1C.